The predicted molar refractivity (Wildman–Crippen MR) is 84.7 cm³/mol. The molecular formula is C18H21NO2. The second kappa shape index (κ2) is 6.53. The first kappa shape index (κ1) is 15.2. The Hall–Kier alpha value is -2.16. The SMILES string of the molecule is CC(=O)c1ccc(-c2cccc(OCC(C)C)c2)nc1C. The Morgan fingerprint density at radius 1 is 1.24 bits per heavy atom. The number of Topliss-reactive ketones (excluding diaryl/α,β-unsaturated/α-hetero) is 1. The molecule has 0 saturated carbocycles. The van der Waals surface area contributed by atoms with Crippen molar-refractivity contribution in [1.29, 1.82) is 0 Å². The number of pyridine rings is 1. The van der Waals surface area contributed by atoms with Crippen molar-refractivity contribution >= 4 is 5.78 Å². The summed E-state index contributed by atoms with van der Waals surface area (Å²) in [7, 11) is 0. The number of hydrogen-bond donors (Lipinski definition) is 0. The van der Waals surface area contributed by atoms with Gasteiger partial charge in [-0.05, 0) is 44.0 Å². The molecule has 0 N–H and O–H groups in total. The van der Waals surface area contributed by atoms with Crippen molar-refractivity contribution in [3.8, 4) is 17.0 Å². The number of ether oxygens (including phenoxy) is 1. The van der Waals surface area contributed by atoms with Crippen LogP contribution in [-0.4, -0.2) is 17.4 Å². The van der Waals surface area contributed by atoms with E-state index in [4.69, 9.17) is 4.74 Å². The van der Waals surface area contributed by atoms with Gasteiger partial charge in [-0.1, -0.05) is 26.0 Å². The van der Waals surface area contributed by atoms with Crippen LogP contribution in [0.4, 0.5) is 0 Å². The average Bonchev–Trinajstić information content (AvgIpc) is 2.45. The Bertz CT molecular complexity index is 647. The van der Waals surface area contributed by atoms with Crippen LogP contribution in [0.5, 0.6) is 5.75 Å². The number of hydrogen-bond acceptors (Lipinski definition) is 3. The highest BCUT2D eigenvalue weighted by atomic mass is 16.5. The van der Waals surface area contributed by atoms with Crippen molar-refractivity contribution in [2.24, 2.45) is 5.92 Å². The third-order valence-electron chi connectivity index (χ3n) is 3.18. The summed E-state index contributed by atoms with van der Waals surface area (Å²) >= 11 is 0. The highest BCUT2D eigenvalue weighted by Crippen LogP contribution is 2.24. The molecule has 0 aliphatic heterocycles. The van der Waals surface area contributed by atoms with Gasteiger partial charge in [0.05, 0.1) is 12.3 Å². The van der Waals surface area contributed by atoms with Crippen LogP contribution in [0.1, 0.15) is 36.8 Å². The molecule has 0 aliphatic rings. The maximum absolute atomic E-state index is 11.5. The number of nitrogens with zero attached hydrogens (tertiary/aromatic N) is 1. The highest BCUT2D eigenvalue weighted by molar-refractivity contribution is 5.95. The Morgan fingerprint density at radius 2 is 2.00 bits per heavy atom. The second-order valence-corrected chi connectivity index (χ2v) is 5.62. The van der Waals surface area contributed by atoms with Crippen LogP contribution in [0.3, 0.4) is 0 Å². The molecule has 21 heavy (non-hydrogen) atoms. The Morgan fingerprint density at radius 3 is 2.62 bits per heavy atom. The zero-order chi connectivity index (χ0) is 15.4. The van der Waals surface area contributed by atoms with E-state index in [1.165, 1.54) is 0 Å². The molecule has 0 bridgehead atoms. The molecule has 1 aromatic carbocycles. The quantitative estimate of drug-likeness (QED) is 0.768. The maximum Gasteiger partial charge on any atom is 0.161 e. The van der Waals surface area contributed by atoms with Crippen molar-refractivity contribution in [2.75, 3.05) is 6.61 Å². The minimum Gasteiger partial charge on any atom is -0.493 e. The molecule has 0 fully saturated rings. The summed E-state index contributed by atoms with van der Waals surface area (Å²) in [5.41, 5.74) is 3.28. The van der Waals surface area contributed by atoms with Gasteiger partial charge in [0.2, 0.25) is 0 Å². The molecule has 3 nitrogen and oxygen atoms in total. The molecule has 2 rings (SSSR count). The molecule has 0 aliphatic carbocycles. The minimum atomic E-state index is 0.0422. The molecule has 3 heteroatoms. The lowest BCUT2D eigenvalue weighted by atomic mass is 10.1. The average molecular weight is 283 g/mol. The van der Waals surface area contributed by atoms with Gasteiger partial charge in [-0.2, -0.15) is 0 Å². The normalized spacial score (nSPS) is 10.7. The number of aryl methyl sites for hydroxylation is 1. The summed E-state index contributed by atoms with van der Waals surface area (Å²) < 4.78 is 5.74. The first-order valence-electron chi connectivity index (χ1n) is 7.19. The van der Waals surface area contributed by atoms with Crippen LogP contribution in [0.25, 0.3) is 11.3 Å². The number of rotatable bonds is 5. The van der Waals surface area contributed by atoms with Gasteiger partial charge >= 0.3 is 0 Å². The summed E-state index contributed by atoms with van der Waals surface area (Å²) in [6, 6.07) is 11.6. The topological polar surface area (TPSA) is 39.2 Å². The largest absolute Gasteiger partial charge is 0.493 e. The lowest BCUT2D eigenvalue weighted by Crippen LogP contribution is -2.04. The number of aromatic nitrogens is 1. The van der Waals surface area contributed by atoms with Gasteiger partial charge in [0.25, 0.3) is 0 Å². The molecule has 1 aromatic heterocycles. The third-order valence-corrected chi connectivity index (χ3v) is 3.18. The number of carbonyl (C=O) groups excluding carboxylic acids is 1. The van der Waals surface area contributed by atoms with Crippen LogP contribution in [0.2, 0.25) is 0 Å². The van der Waals surface area contributed by atoms with Crippen molar-refractivity contribution in [1.82, 2.24) is 4.98 Å². The van der Waals surface area contributed by atoms with Crippen molar-refractivity contribution in [2.45, 2.75) is 27.7 Å². The lowest BCUT2D eigenvalue weighted by Gasteiger charge is -2.10. The third kappa shape index (κ3) is 3.91. The van der Waals surface area contributed by atoms with Gasteiger partial charge in [-0.15, -0.1) is 0 Å². The zero-order valence-electron chi connectivity index (χ0n) is 13.0. The highest BCUT2D eigenvalue weighted by Gasteiger charge is 2.08. The smallest absolute Gasteiger partial charge is 0.161 e. The Balaban J connectivity index is 2.27. The molecule has 2 aromatic rings. The van der Waals surface area contributed by atoms with Gasteiger partial charge in [0, 0.05) is 16.8 Å². The first-order valence-corrected chi connectivity index (χ1v) is 7.19. The first-order chi connectivity index (χ1) is 9.97. The minimum absolute atomic E-state index is 0.0422. The molecule has 0 spiro atoms. The van der Waals surface area contributed by atoms with E-state index >= 15 is 0 Å². The zero-order valence-corrected chi connectivity index (χ0v) is 13.0. The van der Waals surface area contributed by atoms with E-state index in [2.05, 4.69) is 18.8 Å². The lowest BCUT2D eigenvalue weighted by molar-refractivity contribution is 0.101. The number of ketones is 1. The van der Waals surface area contributed by atoms with Gasteiger partial charge in [0.1, 0.15) is 5.75 Å². The van der Waals surface area contributed by atoms with Gasteiger partial charge in [-0.3, -0.25) is 9.78 Å². The van der Waals surface area contributed by atoms with Crippen molar-refractivity contribution < 1.29 is 9.53 Å². The van der Waals surface area contributed by atoms with Crippen LogP contribution < -0.4 is 4.74 Å². The van der Waals surface area contributed by atoms with Crippen LogP contribution in [0, 0.1) is 12.8 Å². The molecule has 1 heterocycles. The molecule has 110 valence electrons. The fourth-order valence-corrected chi connectivity index (χ4v) is 2.10. The monoisotopic (exact) mass is 283 g/mol. The standard InChI is InChI=1S/C18H21NO2/c1-12(2)11-21-16-7-5-6-15(10-16)18-9-8-17(14(4)20)13(3)19-18/h5-10,12H,11H2,1-4H3. The fraction of sp³-hybridized carbons (Fsp3) is 0.333. The van der Waals surface area contributed by atoms with Crippen molar-refractivity contribution in [3.05, 3.63) is 47.7 Å². The number of carbonyl (C=O) groups is 1. The molecule has 0 radical (unpaired) electrons. The van der Waals surface area contributed by atoms with Gasteiger partial charge in [-0.25, -0.2) is 0 Å². The van der Waals surface area contributed by atoms with E-state index < -0.39 is 0 Å². The summed E-state index contributed by atoms with van der Waals surface area (Å²) in [6.45, 7) is 8.35. The fourth-order valence-electron chi connectivity index (χ4n) is 2.10. The molecule has 0 saturated heterocycles. The van der Waals surface area contributed by atoms with Crippen LogP contribution >= 0.6 is 0 Å². The van der Waals surface area contributed by atoms with E-state index in [1.54, 1.807) is 6.92 Å². The predicted octanol–water partition coefficient (Wildman–Crippen LogP) is 4.29. The van der Waals surface area contributed by atoms with Crippen LogP contribution in [0.15, 0.2) is 36.4 Å². The second-order valence-electron chi connectivity index (χ2n) is 5.62. The van der Waals surface area contributed by atoms with E-state index in [0.717, 1.165) is 22.7 Å². The molecular weight excluding hydrogens is 262 g/mol. The van der Waals surface area contributed by atoms with Crippen LogP contribution in [-0.2, 0) is 0 Å². The van der Waals surface area contributed by atoms with E-state index in [1.807, 2.05) is 43.3 Å². The summed E-state index contributed by atoms with van der Waals surface area (Å²) in [5, 5.41) is 0. The van der Waals surface area contributed by atoms with E-state index in [9.17, 15) is 4.79 Å². The Labute approximate surface area is 126 Å². The number of benzene rings is 1. The van der Waals surface area contributed by atoms with E-state index in [-0.39, 0.29) is 5.78 Å². The molecule has 0 amide bonds. The summed E-state index contributed by atoms with van der Waals surface area (Å²) in [6.07, 6.45) is 0. The van der Waals surface area contributed by atoms with Crippen molar-refractivity contribution in [3.63, 3.8) is 0 Å². The van der Waals surface area contributed by atoms with Gasteiger partial charge < -0.3 is 4.74 Å². The van der Waals surface area contributed by atoms with Gasteiger partial charge in [0.15, 0.2) is 5.78 Å². The Kier molecular flexibility index (Phi) is 4.73. The molecule has 0 unspecified atom stereocenters. The maximum atomic E-state index is 11.5. The summed E-state index contributed by atoms with van der Waals surface area (Å²) in [5.74, 6) is 1.38. The van der Waals surface area contributed by atoms with E-state index in [0.29, 0.717) is 18.1 Å². The summed E-state index contributed by atoms with van der Waals surface area (Å²) in [4.78, 5) is 16.0. The molecule has 0 atom stereocenters.